The lowest BCUT2D eigenvalue weighted by atomic mass is 10.2. The van der Waals surface area contributed by atoms with Crippen LogP contribution in [-0.4, -0.2) is 16.9 Å². The third-order valence-electron chi connectivity index (χ3n) is 1.70. The van der Waals surface area contributed by atoms with E-state index in [4.69, 9.17) is 4.74 Å². The second-order valence-corrected chi connectivity index (χ2v) is 3.06. The molecule has 0 bridgehead atoms. The fourth-order valence-electron chi connectivity index (χ4n) is 1.08. The SMILES string of the molecule is CC(=O)Nc1nccc(OC(C)=O)c1C. The van der Waals surface area contributed by atoms with E-state index in [1.54, 1.807) is 13.0 Å². The maximum Gasteiger partial charge on any atom is 0.308 e. The minimum atomic E-state index is -0.405. The number of nitrogens with zero attached hydrogens (tertiary/aromatic N) is 1. The summed E-state index contributed by atoms with van der Waals surface area (Å²) in [6, 6.07) is 1.57. The molecule has 0 aliphatic carbocycles. The van der Waals surface area contributed by atoms with Crippen molar-refractivity contribution in [2.45, 2.75) is 20.8 Å². The van der Waals surface area contributed by atoms with Crippen molar-refractivity contribution in [1.82, 2.24) is 4.98 Å². The number of anilines is 1. The van der Waals surface area contributed by atoms with Gasteiger partial charge >= 0.3 is 5.97 Å². The molecule has 0 aliphatic heterocycles. The van der Waals surface area contributed by atoms with Gasteiger partial charge in [0.15, 0.2) is 0 Å². The van der Waals surface area contributed by atoms with Gasteiger partial charge in [-0.05, 0) is 13.0 Å². The number of pyridine rings is 1. The van der Waals surface area contributed by atoms with Crippen LogP contribution in [0.15, 0.2) is 12.3 Å². The number of esters is 1. The summed E-state index contributed by atoms with van der Waals surface area (Å²) in [5, 5.41) is 2.55. The zero-order valence-electron chi connectivity index (χ0n) is 8.83. The summed E-state index contributed by atoms with van der Waals surface area (Å²) >= 11 is 0. The maximum atomic E-state index is 10.8. The quantitative estimate of drug-likeness (QED) is 0.743. The van der Waals surface area contributed by atoms with Gasteiger partial charge < -0.3 is 10.1 Å². The second kappa shape index (κ2) is 4.54. The monoisotopic (exact) mass is 208 g/mol. The van der Waals surface area contributed by atoms with E-state index in [2.05, 4.69) is 10.3 Å². The van der Waals surface area contributed by atoms with Crippen molar-refractivity contribution in [2.24, 2.45) is 0 Å². The smallest absolute Gasteiger partial charge is 0.308 e. The number of amides is 1. The maximum absolute atomic E-state index is 10.8. The molecule has 5 nitrogen and oxygen atoms in total. The van der Waals surface area contributed by atoms with Crippen molar-refractivity contribution in [2.75, 3.05) is 5.32 Å². The highest BCUT2D eigenvalue weighted by Crippen LogP contribution is 2.22. The van der Waals surface area contributed by atoms with Crippen molar-refractivity contribution in [1.29, 1.82) is 0 Å². The van der Waals surface area contributed by atoms with Gasteiger partial charge in [0.1, 0.15) is 11.6 Å². The van der Waals surface area contributed by atoms with Crippen LogP contribution in [0.1, 0.15) is 19.4 Å². The normalized spacial score (nSPS) is 9.53. The third kappa shape index (κ3) is 3.05. The van der Waals surface area contributed by atoms with E-state index in [0.29, 0.717) is 17.1 Å². The number of aromatic nitrogens is 1. The predicted molar refractivity (Wildman–Crippen MR) is 54.6 cm³/mol. The molecule has 5 heteroatoms. The Morgan fingerprint density at radius 2 is 2.07 bits per heavy atom. The highest BCUT2D eigenvalue weighted by molar-refractivity contribution is 5.88. The Bertz CT molecular complexity index is 367. The predicted octanol–water partition coefficient (Wildman–Crippen LogP) is 1.27. The Hall–Kier alpha value is -1.91. The first-order valence-corrected chi connectivity index (χ1v) is 4.42. The van der Waals surface area contributed by atoms with Gasteiger partial charge in [-0.1, -0.05) is 0 Å². The van der Waals surface area contributed by atoms with Gasteiger partial charge in [0.05, 0.1) is 0 Å². The van der Waals surface area contributed by atoms with Gasteiger partial charge in [-0.3, -0.25) is 9.59 Å². The van der Waals surface area contributed by atoms with Gasteiger partial charge in [-0.15, -0.1) is 0 Å². The fraction of sp³-hybridized carbons (Fsp3) is 0.300. The summed E-state index contributed by atoms with van der Waals surface area (Å²) in [7, 11) is 0. The number of hydrogen-bond acceptors (Lipinski definition) is 4. The molecule has 1 aromatic heterocycles. The first-order chi connectivity index (χ1) is 7.00. The number of rotatable bonds is 2. The molecule has 0 spiro atoms. The molecule has 0 aromatic carbocycles. The molecule has 1 aromatic rings. The van der Waals surface area contributed by atoms with E-state index in [1.165, 1.54) is 20.0 Å². The van der Waals surface area contributed by atoms with Crippen LogP contribution in [0.25, 0.3) is 0 Å². The van der Waals surface area contributed by atoms with Crippen LogP contribution in [0.4, 0.5) is 5.82 Å². The molecule has 0 atom stereocenters. The first-order valence-electron chi connectivity index (χ1n) is 4.42. The molecule has 0 fully saturated rings. The number of nitrogens with one attached hydrogen (secondary N) is 1. The highest BCUT2D eigenvalue weighted by Gasteiger charge is 2.08. The van der Waals surface area contributed by atoms with Gasteiger partial charge in [-0.2, -0.15) is 0 Å². The van der Waals surface area contributed by atoms with Crippen LogP contribution in [0.2, 0.25) is 0 Å². The van der Waals surface area contributed by atoms with Crippen molar-refractivity contribution in [3.05, 3.63) is 17.8 Å². The standard InChI is InChI=1S/C10H12N2O3/c1-6-9(15-8(3)14)4-5-11-10(6)12-7(2)13/h4-5H,1-3H3,(H,11,12,13). The summed E-state index contributed by atoms with van der Waals surface area (Å²) in [6.45, 7) is 4.42. The van der Waals surface area contributed by atoms with Crippen molar-refractivity contribution >= 4 is 17.7 Å². The van der Waals surface area contributed by atoms with E-state index >= 15 is 0 Å². The number of ether oxygens (including phenoxy) is 1. The summed E-state index contributed by atoms with van der Waals surface area (Å²) in [5.41, 5.74) is 0.628. The fourth-order valence-corrected chi connectivity index (χ4v) is 1.08. The van der Waals surface area contributed by atoms with Gasteiger partial charge in [-0.25, -0.2) is 4.98 Å². The zero-order valence-corrected chi connectivity index (χ0v) is 8.83. The van der Waals surface area contributed by atoms with E-state index < -0.39 is 5.97 Å². The molecular weight excluding hydrogens is 196 g/mol. The van der Waals surface area contributed by atoms with Crippen LogP contribution >= 0.6 is 0 Å². The van der Waals surface area contributed by atoms with E-state index in [9.17, 15) is 9.59 Å². The van der Waals surface area contributed by atoms with E-state index in [1.807, 2.05) is 0 Å². The number of carbonyl (C=O) groups is 2. The lowest BCUT2D eigenvalue weighted by molar-refractivity contribution is -0.131. The largest absolute Gasteiger partial charge is 0.426 e. The summed E-state index contributed by atoms with van der Waals surface area (Å²) in [4.78, 5) is 25.6. The number of hydrogen-bond donors (Lipinski definition) is 1. The van der Waals surface area contributed by atoms with Crippen LogP contribution in [0, 0.1) is 6.92 Å². The van der Waals surface area contributed by atoms with Crippen LogP contribution in [0.3, 0.4) is 0 Å². The van der Waals surface area contributed by atoms with Crippen molar-refractivity contribution < 1.29 is 14.3 Å². The molecule has 0 radical (unpaired) electrons. The highest BCUT2D eigenvalue weighted by atomic mass is 16.5. The average molecular weight is 208 g/mol. The lowest BCUT2D eigenvalue weighted by Crippen LogP contribution is -2.10. The minimum Gasteiger partial charge on any atom is -0.426 e. The summed E-state index contributed by atoms with van der Waals surface area (Å²) in [6.07, 6.45) is 1.47. The molecule has 15 heavy (non-hydrogen) atoms. The lowest BCUT2D eigenvalue weighted by Gasteiger charge is -2.09. The molecule has 1 heterocycles. The topological polar surface area (TPSA) is 68.3 Å². The molecule has 0 unspecified atom stereocenters. The van der Waals surface area contributed by atoms with Crippen molar-refractivity contribution in [3.8, 4) is 5.75 Å². The Labute approximate surface area is 87.5 Å². The van der Waals surface area contributed by atoms with Crippen LogP contribution < -0.4 is 10.1 Å². The molecule has 80 valence electrons. The molecule has 1 amide bonds. The third-order valence-corrected chi connectivity index (χ3v) is 1.70. The van der Waals surface area contributed by atoms with Gasteiger partial charge in [0, 0.05) is 25.6 Å². The summed E-state index contributed by atoms with van der Waals surface area (Å²) < 4.78 is 4.94. The molecule has 1 rings (SSSR count). The first kappa shape index (κ1) is 11.2. The molecule has 0 aliphatic rings. The average Bonchev–Trinajstić information content (AvgIpc) is 2.10. The number of carbonyl (C=O) groups excluding carboxylic acids is 2. The van der Waals surface area contributed by atoms with Gasteiger partial charge in [0.25, 0.3) is 0 Å². The summed E-state index contributed by atoms with van der Waals surface area (Å²) in [5.74, 6) is 0.186. The molecule has 0 saturated heterocycles. The van der Waals surface area contributed by atoms with Crippen molar-refractivity contribution in [3.63, 3.8) is 0 Å². The Kier molecular flexibility index (Phi) is 3.38. The van der Waals surface area contributed by atoms with Crippen LogP contribution in [0.5, 0.6) is 5.75 Å². The zero-order chi connectivity index (χ0) is 11.4. The Morgan fingerprint density at radius 3 is 2.60 bits per heavy atom. The molecular formula is C10H12N2O3. The second-order valence-electron chi connectivity index (χ2n) is 3.06. The Balaban J connectivity index is 2.99. The van der Waals surface area contributed by atoms with E-state index in [0.717, 1.165) is 0 Å². The Morgan fingerprint density at radius 1 is 1.40 bits per heavy atom. The minimum absolute atomic E-state index is 0.217. The molecule has 1 N–H and O–H groups in total. The molecule has 0 saturated carbocycles. The van der Waals surface area contributed by atoms with E-state index in [-0.39, 0.29) is 5.91 Å². The van der Waals surface area contributed by atoms with Crippen LogP contribution in [-0.2, 0) is 9.59 Å². The van der Waals surface area contributed by atoms with Gasteiger partial charge in [0.2, 0.25) is 5.91 Å².